The second kappa shape index (κ2) is 7.76. The Morgan fingerprint density at radius 2 is 2.14 bits per heavy atom. The van der Waals surface area contributed by atoms with Crippen LogP contribution in [0.15, 0.2) is 60.9 Å². The Hall–Kier alpha value is -3.28. The molecule has 0 radical (unpaired) electrons. The zero-order chi connectivity index (χ0) is 19.5. The van der Waals surface area contributed by atoms with Crippen LogP contribution in [0.25, 0.3) is 5.69 Å². The lowest BCUT2D eigenvalue weighted by Gasteiger charge is -2.28. The van der Waals surface area contributed by atoms with Gasteiger partial charge in [-0.25, -0.2) is 4.68 Å². The van der Waals surface area contributed by atoms with Crippen molar-refractivity contribution in [3.05, 3.63) is 72.1 Å². The lowest BCUT2D eigenvalue weighted by molar-refractivity contribution is -0.138. The summed E-state index contributed by atoms with van der Waals surface area (Å²) in [5.41, 5.74) is 3.02. The van der Waals surface area contributed by atoms with Crippen LogP contribution in [0.1, 0.15) is 17.5 Å². The number of methoxy groups -OCH3 is 1. The number of carbonyl (C=O) groups is 1. The predicted molar refractivity (Wildman–Crippen MR) is 106 cm³/mol. The smallest absolute Gasteiger partial charge is 0.263 e. The molecule has 1 aliphatic rings. The molecular formula is C22H23N3O3. The number of rotatable bonds is 5. The molecule has 6 nitrogen and oxygen atoms in total. The minimum Gasteiger partial charge on any atom is -0.497 e. The van der Waals surface area contributed by atoms with Gasteiger partial charge in [0.15, 0.2) is 6.10 Å². The molecule has 1 aliphatic heterocycles. The second-order valence-corrected chi connectivity index (χ2v) is 6.94. The molecule has 0 bridgehead atoms. The molecule has 1 aromatic heterocycles. The quantitative estimate of drug-likeness (QED) is 0.685. The SMILES string of the molecule is COc1cccc(-n2cc(CN(C)C(=O)[C@H]3CCc4ccccc4O3)cn2)c1. The Balaban J connectivity index is 1.42. The van der Waals surface area contributed by atoms with Gasteiger partial charge in [0, 0.05) is 31.4 Å². The number of amides is 1. The minimum atomic E-state index is -0.437. The van der Waals surface area contributed by atoms with E-state index >= 15 is 0 Å². The number of nitrogens with zero attached hydrogens (tertiary/aromatic N) is 3. The third-order valence-corrected chi connectivity index (χ3v) is 4.94. The average molecular weight is 377 g/mol. The topological polar surface area (TPSA) is 56.6 Å². The summed E-state index contributed by atoms with van der Waals surface area (Å²) in [6, 6.07) is 15.6. The highest BCUT2D eigenvalue weighted by atomic mass is 16.5. The lowest BCUT2D eigenvalue weighted by Crippen LogP contribution is -2.41. The van der Waals surface area contributed by atoms with E-state index in [4.69, 9.17) is 9.47 Å². The van der Waals surface area contributed by atoms with Gasteiger partial charge < -0.3 is 14.4 Å². The van der Waals surface area contributed by atoms with E-state index in [-0.39, 0.29) is 5.91 Å². The van der Waals surface area contributed by atoms with Gasteiger partial charge in [-0.2, -0.15) is 5.10 Å². The number of benzene rings is 2. The summed E-state index contributed by atoms with van der Waals surface area (Å²) in [7, 11) is 3.44. The first kappa shape index (κ1) is 18.1. The molecular weight excluding hydrogens is 354 g/mol. The Kier molecular flexibility index (Phi) is 5.02. The molecule has 0 fully saturated rings. The molecule has 28 heavy (non-hydrogen) atoms. The number of likely N-dealkylation sites (N-methyl/N-ethyl adjacent to an activating group) is 1. The van der Waals surface area contributed by atoms with E-state index in [2.05, 4.69) is 5.10 Å². The van der Waals surface area contributed by atoms with Crippen molar-refractivity contribution in [1.29, 1.82) is 0 Å². The average Bonchev–Trinajstić information content (AvgIpc) is 3.21. The van der Waals surface area contributed by atoms with Gasteiger partial charge in [-0.15, -0.1) is 0 Å². The molecule has 0 N–H and O–H groups in total. The third kappa shape index (κ3) is 3.71. The third-order valence-electron chi connectivity index (χ3n) is 4.94. The minimum absolute atomic E-state index is 0.0105. The van der Waals surface area contributed by atoms with Crippen LogP contribution in [0.2, 0.25) is 0 Å². The van der Waals surface area contributed by atoms with Crippen molar-refractivity contribution in [1.82, 2.24) is 14.7 Å². The zero-order valence-corrected chi connectivity index (χ0v) is 16.0. The van der Waals surface area contributed by atoms with Gasteiger partial charge in [0.2, 0.25) is 0 Å². The molecule has 0 aliphatic carbocycles. The summed E-state index contributed by atoms with van der Waals surface area (Å²) in [4.78, 5) is 14.5. The highest BCUT2D eigenvalue weighted by Gasteiger charge is 2.28. The molecule has 144 valence electrons. The van der Waals surface area contributed by atoms with E-state index < -0.39 is 6.10 Å². The Labute approximate surface area is 164 Å². The molecule has 3 aromatic rings. The number of carbonyl (C=O) groups excluding carboxylic acids is 1. The number of hydrogen-bond donors (Lipinski definition) is 0. The molecule has 2 heterocycles. The van der Waals surface area contributed by atoms with Crippen molar-refractivity contribution in [3.63, 3.8) is 0 Å². The van der Waals surface area contributed by atoms with E-state index in [0.29, 0.717) is 13.0 Å². The van der Waals surface area contributed by atoms with Crippen LogP contribution in [0.3, 0.4) is 0 Å². The summed E-state index contributed by atoms with van der Waals surface area (Å²) in [5.74, 6) is 1.58. The number of ether oxygens (including phenoxy) is 2. The maximum atomic E-state index is 12.8. The van der Waals surface area contributed by atoms with E-state index in [1.54, 1.807) is 29.9 Å². The van der Waals surface area contributed by atoms with Crippen molar-refractivity contribution in [3.8, 4) is 17.2 Å². The number of para-hydroxylation sites is 1. The van der Waals surface area contributed by atoms with Gasteiger partial charge in [-0.1, -0.05) is 24.3 Å². The molecule has 6 heteroatoms. The molecule has 1 atom stereocenters. The Morgan fingerprint density at radius 3 is 3.00 bits per heavy atom. The monoisotopic (exact) mass is 377 g/mol. The van der Waals surface area contributed by atoms with E-state index in [1.807, 2.05) is 54.7 Å². The molecule has 4 rings (SSSR count). The van der Waals surface area contributed by atoms with Crippen LogP contribution in [-0.2, 0) is 17.8 Å². The fourth-order valence-corrected chi connectivity index (χ4v) is 3.43. The summed E-state index contributed by atoms with van der Waals surface area (Å²) >= 11 is 0. The van der Waals surface area contributed by atoms with Crippen LogP contribution >= 0.6 is 0 Å². The van der Waals surface area contributed by atoms with Crippen molar-refractivity contribution < 1.29 is 14.3 Å². The first-order valence-corrected chi connectivity index (χ1v) is 9.31. The number of aryl methyl sites for hydroxylation is 1. The molecule has 2 aromatic carbocycles. The number of hydrogen-bond acceptors (Lipinski definition) is 4. The van der Waals surface area contributed by atoms with Crippen molar-refractivity contribution in [2.45, 2.75) is 25.5 Å². The highest BCUT2D eigenvalue weighted by molar-refractivity contribution is 5.81. The molecule has 0 unspecified atom stereocenters. The summed E-state index contributed by atoms with van der Waals surface area (Å²) in [5, 5.41) is 4.41. The fraction of sp³-hybridized carbons (Fsp3) is 0.273. The number of aromatic nitrogens is 2. The van der Waals surface area contributed by atoms with E-state index in [9.17, 15) is 4.79 Å². The van der Waals surface area contributed by atoms with Crippen molar-refractivity contribution in [2.75, 3.05) is 14.2 Å². The molecule has 0 saturated carbocycles. The fourth-order valence-electron chi connectivity index (χ4n) is 3.43. The van der Waals surface area contributed by atoms with Crippen LogP contribution in [0, 0.1) is 0 Å². The van der Waals surface area contributed by atoms with Crippen LogP contribution < -0.4 is 9.47 Å². The normalized spacial score (nSPS) is 15.4. The van der Waals surface area contributed by atoms with Gasteiger partial charge in [-0.05, 0) is 36.6 Å². The first-order valence-electron chi connectivity index (χ1n) is 9.31. The summed E-state index contributed by atoms with van der Waals surface area (Å²) < 4.78 is 13.0. The van der Waals surface area contributed by atoms with Crippen molar-refractivity contribution >= 4 is 5.91 Å². The maximum Gasteiger partial charge on any atom is 0.263 e. The van der Waals surface area contributed by atoms with Crippen LogP contribution in [-0.4, -0.2) is 40.8 Å². The summed E-state index contributed by atoms with van der Waals surface area (Å²) in [6.07, 6.45) is 4.82. The van der Waals surface area contributed by atoms with E-state index in [1.165, 1.54) is 0 Å². The maximum absolute atomic E-state index is 12.8. The standard InChI is InChI=1S/C22H23N3O3/c1-24(22(26)21-11-10-17-6-3-4-9-20(17)28-21)14-16-13-23-25(15-16)18-7-5-8-19(12-18)27-2/h3-9,12-13,15,21H,10-11,14H2,1-2H3/t21-/m1/s1. The second-order valence-electron chi connectivity index (χ2n) is 6.94. The van der Waals surface area contributed by atoms with Gasteiger partial charge in [0.1, 0.15) is 11.5 Å². The zero-order valence-electron chi connectivity index (χ0n) is 16.0. The number of fused-ring (bicyclic) bond motifs is 1. The van der Waals surface area contributed by atoms with Gasteiger partial charge >= 0.3 is 0 Å². The van der Waals surface area contributed by atoms with E-state index in [0.717, 1.165) is 34.7 Å². The Morgan fingerprint density at radius 1 is 1.29 bits per heavy atom. The Bertz CT molecular complexity index is 982. The summed E-state index contributed by atoms with van der Waals surface area (Å²) in [6.45, 7) is 0.476. The molecule has 0 saturated heterocycles. The highest BCUT2D eigenvalue weighted by Crippen LogP contribution is 2.28. The van der Waals surface area contributed by atoms with Crippen molar-refractivity contribution in [2.24, 2.45) is 0 Å². The van der Waals surface area contributed by atoms with Gasteiger partial charge in [0.25, 0.3) is 5.91 Å². The van der Waals surface area contributed by atoms with Gasteiger partial charge in [0.05, 0.1) is 19.0 Å². The predicted octanol–water partition coefficient (Wildman–Crippen LogP) is 3.23. The lowest BCUT2D eigenvalue weighted by atomic mass is 10.0. The largest absolute Gasteiger partial charge is 0.497 e. The van der Waals surface area contributed by atoms with Gasteiger partial charge in [-0.3, -0.25) is 4.79 Å². The van der Waals surface area contributed by atoms with Crippen LogP contribution in [0.4, 0.5) is 0 Å². The molecule has 1 amide bonds. The molecule has 0 spiro atoms. The van der Waals surface area contributed by atoms with Crippen LogP contribution in [0.5, 0.6) is 11.5 Å². The first-order chi connectivity index (χ1) is 13.6.